The van der Waals surface area contributed by atoms with Gasteiger partial charge in [-0.15, -0.1) is 11.3 Å². The van der Waals surface area contributed by atoms with Crippen LogP contribution in [0, 0.1) is 0 Å². The first-order valence-corrected chi connectivity index (χ1v) is 7.39. The van der Waals surface area contributed by atoms with Gasteiger partial charge < -0.3 is 5.32 Å². The molecule has 0 fully saturated rings. The summed E-state index contributed by atoms with van der Waals surface area (Å²) in [7, 11) is 0. The Morgan fingerprint density at radius 1 is 1.12 bits per heavy atom. The van der Waals surface area contributed by atoms with E-state index in [0.29, 0.717) is 6.04 Å². The molecular weight excluding hydrogens is 350 g/mol. The zero-order valence-corrected chi connectivity index (χ0v) is 12.7. The molecule has 0 bridgehead atoms. The van der Waals surface area contributed by atoms with E-state index in [9.17, 15) is 0 Å². The molecule has 2 rings (SSSR count). The van der Waals surface area contributed by atoms with Gasteiger partial charge in [0.25, 0.3) is 0 Å². The van der Waals surface area contributed by atoms with Gasteiger partial charge in [0.1, 0.15) is 0 Å². The highest BCUT2D eigenvalue weighted by atomic mass is 79.9. The summed E-state index contributed by atoms with van der Waals surface area (Å²) in [6, 6.07) is 10.6. The van der Waals surface area contributed by atoms with Gasteiger partial charge in [0.15, 0.2) is 0 Å². The van der Waals surface area contributed by atoms with Crippen LogP contribution >= 0.6 is 43.2 Å². The number of rotatable bonds is 3. The number of nitrogens with one attached hydrogen (secondary N) is 1. The number of hydrogen-bond acceptors (Lipinski definition) is 2. The maximum atomic E-state index is 3.55. The predicted molar refractivity (Wildman–Crippen MR) is 78.2 cm³/mol. The number of halogens is 2. The van der Waals surface area contributed by atoms with Gasteiger partial charge >= 0.3 is 0 Å². The van der Waals surface area contributed by atoms with E-state index in [1.54, 1.807) is 11.3 Å². The van der Waals surface area contributed by atoms with Crippen LogP contribution in [-0.2, 0) is 0 Å². The highest BCUT2D eigenvalue weighted by Crippen LogP contribution is 2.34. The molecule has 1 unspecified atom stereocenters. The Hall–Kier alpha value is -0.320. The molecule has 1 N–H and O–H groups in total. The van der Waals surface area contributed by atoms with Crippen molar-refractivity contribution in [1.29, 1.82) is 0 Å². The largest absolute Gasteiger partial charge is 0.376 e. The molecule has 1 nitrogen and oxygen atoms in total. The van der Waals surface area contributed by atoms with Gasteiger partial charge in [-0.3, -0.25) is 0 Å². The van der Waals surface area contributed by atoms with Crippen LogP contribution in [0.15, 0.2) is 44.7 Å². The van der Waals surface area contributed by atoms with Gasteiger partial charge in [-0.2, -0.15) is 0 Å². The number of anilines is 1. The molecule has 0 saturated heterocycles. The van der Waals surface area contributed by atoms with Gasteiger partial charge in [-0.1, -0.05) is 12.1 Å². The quantitative estimate of drug-likeness (QED) is 0.767. The van der Waals surface area contributed by atoms with Crippen molar-refractivity contribution in [3.05, 3.63) is 49.5 Å². The summed E-state index contributed by atoms with van der Waals surface area (Å²) in [5.74, 6) is 0. The summed E-state index contributed by atoms with van der Waals surface area (Å²) in [4.78, 5) is 1.34. The van der Waals surface area contributed by atoms with Crippen LogP contribution in [0.2, 0.25) is 0 Å². The van der Waals surface area contributed by atoms with Crippen molar-refractivity contribution in [2.24, 2.45) is 0 Å². The van der Waals surface area contributed by atoms with Gasteiger partial charge in [-0.05, 0) is 62.4 Å². The Bertz CT molecular complexity index is 448. The van der Waals surface area contributed by atoms with Crippen LogP contribution in [-0.4, -0.2) is 0 Å². The minimum atomic E-state index is 0.315. The molecule has 0 radical (unpaired) electrons. The minimum absolute atomic E-state index is 0.315. The van der Waals surface area contributed by atoms with E-state index in [1.165, 1.54) is 4.88 Å². The Morgan fingerprint density at radius 3 is 2.38 bits per heavy atom. The zero-order chi connectivity index (χ0) is 11.5. The third kappa shape index (κ3) is 2.67. The predicted octanol–water partition coefficient (Wildman–Crippen LogP) is 5.45. The van der Waals surface area contributed by atoms with Crippen molar-refractivity contribution >= 4 is 48.9 Å². The van der Waals surface area contributed by atoms with Gasteiger partial charge in [0, 0.05) is 13.8 Å². The average Bonchev–Trinajstić information content (AvgIpc) is 2.76. The second-order valence-corrected chi connectivity index (χ2v) is 6.17. The van der Waals surface area contributed by atoms with Crippen LogP contribution in [0.3, 0.4) is 0 Å². The van der Waals surface area contributed by atoms with Gasteiger partial charge in [0.05, 0.1) is 11.7 Å². The van der Waals surface area contributed by atoms with Gasteiger partial charge in [-0.25, -0.2) is 0 Å². The molecule has 1 atom stereocenters. The van der Waals surface area contributed by atoms with Crippen molar-refractivity contribution in [2.75, 3.05) is 5.32 Å². The van der Waals surface area contributed by atoms with Crippen LogP contribution in [0.5, 0.6) is 0 Å². The number of thiophene rings is 1. The molecule has 0 spiro atoms. The van der Waals surface area contributed by atoms with Crippen LogP contribution in [0.4, 0.5) is 5.69 Å². The average molecular weight is 361 g/mol. The Labute approximate surface area is 116 Å². The Morgan fingerprint density at radius 2 is 1.81 bits per heavy atom. The molecular formula is C12H11Br2NS. The normalized spacial score (nSPS) is 12.4. The standard InChI is InChI=1S/C12H11Br2NS/c1-8(11-6-3-7-16-11)15-12-9(13)4-2-5-10(12)14/h2-8,15H,1H3. The first-order valence-electron chi connectivity index (χ1n) is 4.92. The summed E-state index contributed by atoms with van der Waals surface area (Å²) in [5.41, 5.74) is 1.10. The molecule has 4 heteroatoms. The van der Waals surface area contributed by atoms with Crippen LogP contribution in [0.1, 0.15) is 17.8 Å². The first-order chi connectivity index (χ1) is 7.68. The van der Waals surface area contributed by atoms with Crippen LogP contribution < -0.4 is 5.32 Å². The highest BCUT2D eigenvalue weighted by Gasteiger charge is 2.10. The third-order valence-electron chi connectivity index (χ3n) is 2.29. The number of hydrogen-bond donors (Lipinski definition) is 1. The maximum absolute atomic E-state index is 3.55. The summed E-state index contributed by atoms with van der Waals surface area (Å²) in [5, 5.41) is 5.60. The Balaban J connectivity index is 2.21. The number of benzene rings is 1. The van der Waals surface area contributed by atoms with E-state index in [0.717, 1.165) is 14.6 Å². The highest BCUT2D eigenvalue weighted by molar-refractivity contribution is 9.11. The van der Waals surface area contributed by atoms with Gasteiger partial charge in [0.2, 0.25) is 0 Å². The summed E-state index contributed by atoms with van der Waals surface area (Å²) < 4.78 is 2.15. The maximum Gasteiger partial charge on any atom is 0.0633 e. The minimum Gasteiger partial charge on any atom is -0.376 e. The van der Waals surface area contributed by atoms with Crippen molar-refractivity contribution in [1.82, 2.24) is 0 Å². The van der Waals surface area contributed by atoms with E-state index in [-0.39, 0.29) is 0 Å². The second kappa shape index (κ2) is 5.34. The topological polar surface area (TPSA) is 12.0 Å². The van der Waals surface area contributed by atoms with Crippen molar-refractivity contribution in [2.45, 2.75) is 13.0 Å². The van der Waals surface area contributed by atoms with Crippen molar-refractivity contribution in [3.63, 3.8) is 0 Å². The fourth-order valence-corrected chi connectivity index (χ4v) is 3.42. The SMILES string of the molecule is CC(Nc1c(Br)cccc1Br)c1cccs1. The molecule has 84 valence electrons. The van der Waals surface area contributed by atoms with E-state index >= 15 is 0 Å². The van der Waals surface area contributed by atoms with E-state index in [2.05, 4.69) is 61.6 Å². The molecule has 0 aliphatic rings. The summed E-state index contributed by atoms with van der Waals surface area (Å²) >= 11 is 8.87. The molecule has 0 aliphatic carbocycles. The molecule has 0 aliphatic heterocycles. The fraction of sp³-hybridized carbons (Fsp3) is 0.167. The lowest BCUT2D eigenvalue weighted by Gasteiger charge is -2.16. The molecule has 1 aromatic carbocycles. The van der Waals surface area contributed by atoms with Crippen molar-refractivity contribution in [3.8, 4) is 0 Å². The molecule has 16 heavy (non-hydrogen) atoms. The molecule has 0 saturated carbocycles. The molecule has 1 heterocycles. The van der Waals surface area contributed by atoms with E-state index < -0.39 is 0 Å². The second-order valence-electron chi connectivity index (χ2n) is 3.48. The lowest BCUT2D eigenvalue weighted by atomic mass is 10.2. The fourth-order valence-electron chi connectivity index (χ4n) is 1.46. The summed E-state index contributed by atoms with van der Waals surface area (Å²) in [6.45, 7) is 2.16. The summed E-state index contributed by atoms with van der Waals surface area (Å²) in [6.07, 6.45) is 0. The Kier molecular flexibility index (Phi) is 4.05. The van der Waals surface area contributed by atoms with E-state index in [4.69, 9.17) is 0 Å². The smallest absolute Gasteiger partial charge is 0.0633 e. The van der Waals surface area contributed by atoms with E-state index in [1.807, 2.05) is 18.2 Å². The molecule has 2 aromatic rings. The first kappa shape index (κ1) is 12.1. The zero-order valence-electron chi connectivity index (χ0n) is 8.71. The monoisotopic (exact) mass is 359 g/mol. The lowest BCUT2D eigenvalue weighted by molar-refractivity contribution is 0.905. The third-order valence-corrected chi connectivity index (χ3v) is 4.67. The van der Waals surface area contributed by atoms with Crippen molar-refractivity contribution < 1.29 is 0 Å². The lowest BCUT2D eigenvalue weighted by Crippen LogP contribution is -2.05. The molecule has 1 aromatic heterocycles. The van der Waals surface area contributed by atoms with Crippen LogP contribution in [0.25, 0.3) is 0 Å². The number of para-hydroxylation sites is 1. The molecule has 0 amide bonds.